The first-order valence-corrected chi connectivity index (χ1v) is 8.54. The monoisotopic (exact) mass is 369 g/mol. The van der Waals surface area contributed by atoms with Gasteiger partial charge in [-0.25, -0.2) is 0 Å². The number of benzene rings is 1. The average molecular weight is 370 g/mol. The third-order valence-electron chi connectivity index (χ3n) is 3.36. The molecule has 0 aliphatic carbocycles. The summed E-state index contributed by atoms with van der Waals surface area (Å²) >= 11 is 3.47. The lowest BCUT2D eigenvalue weighted by Gasteiger charge is -2.20. The Kier molecular flexibility index (Phi) is 8.29. The van der Waals surface area contributed by atoms with Crippen LogP contribution in [0.2, 0.25) is 0 Å². The maximum atomic E-state index is 10.3. The molecule has 0 saturated heterocycles. The van der Waals surface area contributed by atoms with Crippen LogP contribution < -0.4 is 9.47 Å². The van der Waals surface area contributed by atoms with E-state index in [4.69, 9.17) is 9.47 Å². The Labute approximate surface area is 141 Å². The second-order valence-electron chi connectivity index (χ2n) is 5.01. The Morgan fingerprint density at radius 2 is 1.91 bits per heavy atom. The molecule has 122 valence electrons. The second kappa shape index (κ2) is 9.70. The zero-order valence-corrected chi connectivity index (χ0v) is 15.0. The number of aliphatic hydroxyl groups is 1. The van der Waals surface area contributed by atoms with E-state index in [1.54, 1.807) is 6.07 Å². The molecule has 0 aliphatic heterocycles. The number of rotatable bonds is 9. The van der Waals surface area contributed by atoms with Crippen molar-refractivity contribution in [3.05, 3.63) is 22.2 Å². The summed E-state index contributed by atoms with van der Waals surface area (Å²) in [6.45, 7) is 6.90. The SMILES string of the molecule is CCCCC(O)C(C#N)c1cc(Br)c(OCC)c(OCC)c1. The Morgan fingerprint density at radius 1 is 1.23 bits per heavy atom. The van der Waals surface area contributed by atoms with Crippen molar-refractivity contribution in [3.63, 3.8) is 0 Å². The fourth-order valence-electron chi connectivity index (χ4n) is 2.28. The molecule has 2 atom stereocenters. The predicted octanol–water partition coefficient (Wildman–Crippen LogP) is 4.40. The molecule has 0 aromatic heterocycles. The van der Waals surface area contributed by atoms with E-state index >= 15 is 0 Å². The molecule has 2 unspecified atom stereocenters. The molecular formula is C17H24BrNO3. The third kappa shape index (κ3) is 4.89. The van der Waals surface area contributed by atoms with Gasteiger partial charge in [-0.15, -0.1) is 0 Å². The van der Waals surface area contributed by atoms with Crippen molar-refractivity contribution in [2.24, 2.45) is 0 Å². The molecule has 0 radical (unpaired) electrons. The first-order valence-electron chi connectivity index (χ1n) is 7.75. The van der Waals surface area contributed by atoms with Crippen LogP contribution in [0.4, 0.5) is 0 Å². The highest BCUT2D eigenvalue weighted by Crippen LogP contribution is 2.39. The van der Waals surface area contributed by atoms with Crippen LogP contribution in [0.15, 0.2) is 16.6 Å². The summed E-state index contributed by atoms with van der Waals surface area (Å²) in [6, 6.07) is 5.83. The van der Waals surface area contributed by atoms with E-state index < -0.39 is 12.0 Å². The molecule has 0 spiro atoms. The van der Waals surface area contributed by atoms with Crippen molar-refractivity contribution in [2.45, 2.75) is 52.1 Å². The number of aliphatic hydroxyl groups excluding tert-OH is 1. The molecule has 0 amide bonds. The van der Waals surface area contributed by atoms with Gasteiger partial charge < -0.3 is 14.6 Å². The standard InChI is InChI=1S/C17H24BrNO3/c1-4-7-8-15(20)13(11-19)12-9-14(18)17(22-6-3)16(10-12)21-5-2/h9-10,13,15,20H,4-8H2,1-3H3. The highest BCUT2D eigenvalue weighted by Gasteiger charge is 2.23. The highest BCUT2D eigenvalue weighted by molar-refractivity contribution is 9.10. The molecule has 0 fully saturated rings. The molecule has 1 N–H and O–H groups in total. The zero-order valence-electron chi connectivity index (χ0n) is 13.4. The van der Waals surface area contributed by atoms with Crippen LogP contribution in [0.5, 0.6) is 11.5 Å². The van der Waals surface area contributed by atoms with Gasteiger partial charge in [-0.05, 0) is 53.9 Å². The maximum Gasteiger partial charge on any atom is 0.175 e. The molecule has 1 rings (SSSR count). The van der Waals surface area contributed by atoms with Crippen molar-refractivity contribution in [1.29, 1.82) is 5.26 Å². The quantitative estimate of drug-likeness (QED) is 0.700. The van der Waals surface area contributed by atoms with Crippen LogP contribution in [0.3, 0.4) is 0 Å². The maximum absolute atomic E-state index is 10.3. The zero-order chi connectivity index (χ0) is 16.5. The molecule has 1 aromatic carbocycles. The number of unbranched alkanes of at least 4 members (excludes halogenated alkanes) is 1. The predicted molar refractivity (Wildman–Crippen MR) is 90.4 cm³/mol. The molecule has 5 heteroatoms. The third-order valence-corrected chi connectivity index (χ3v) is 3.95. The Hall–Kier alpha value is -1.25. The molecule has 0 aliphatic rings. The number of hydrogen-bond donors (Lipinski definition) is 1. The van der Waals surface area contributed by atoms with Gasteiger partial charge in [-0.2, -0.15) is 5.26 Å². The van der Waals surface area contributed by atoms with E-state index in [-0.39, 0.29) is 0 Å². The Morgan fingerprint density at radius 3 is 2.45 bits per heavy atom. The first-order chi connectivity index (χ1) is 10.6. The summed E-state index contributed by atoms with van der Waals surface area (Å²) < 4.78 is 12.0. The second-order valence-corrected chi connectivity index (χ2v) is 5.87. The van der Waals surface area contributed by atoms with Gasteiger partial charge in [0, 0.05) is 0 Å². The molecule has 0 heterocycles. The van der Waals surface area contributed by atoms with E-state index in [2.05, 4.69) is 28.9 Å². The first kappa shape index (κ1) is 18.8. The minimum absolute atomic E-state index is 0.506. The molecule has 0 bridgehead atoms. The van der Waals surface area contributed by atoms with Gasteiger partial charge in [-0.3, -0.25) is 0 Å². The lowest BCUT2D eigenvalue weighted by Crippen LogP contribution is -2.17. The average Bonchev–Trinajstić information content (AvgIpc) is 2.49. The van der Waals surface area contributed by atoms with Gasteiger partial charge in [0.1, 0.15) is 0 Å². The normalized spacial score (nSPS) is 13.3. The summed E-state index contributed by atoms with van der Waals surface area (Å²) in [5, 5.41) is 19.7. The van der Waals surface area contributed by atoms with Gasteiger partial charge in [0.2, 0.25) is 0 Å². The largest absolute Gasteiger partial charge is 0.490 e. The van der Waals surface area contributed by atoms with Crippen LogP contribution in [0, 0.1) is 11.3 Å². The van der Waals surface area contributed by atoms with Crippen molar-refractivity contribution < 1.29 is 14.6 Å². The van der Waals surface area contributed by atoms with Crippen LogP contribution in [0.25, 0.3) is 0 Å². The van der Waals surface area contributed by atoms with E-state index in [0.29, 0.717) is 31.1 Å². The van der Waals surface area contributed by atoms with Crippen LogP contribution in [-0.2, 0) is 0 Å². The van der Waals surface area contributed by atoms with Gasteiger partial charge in [0.15, 0.2) is 11.5 Å². The number of ether oxygens (including phenoxy) is 2. The summed E-state index contributed by atoms with van der Waals surface area (Å²) in [6.07, 6.45) is 1.83. The lowest BCUT2D eigenvalue weighted by molar-refractivity contribution is 0.148. The van der Waals surface area contributed by atoms with Gasteiger partial charge >= 0.3 is 0 Å². The number of nitriles is 1. The minimum atomic E-state index is -0.677. The smallest absolute Gasteiger partial charge is 0.175 e. The van der Waals surface area contributed by atoms with E-state index in [1.165, 1.54) is 0 Å². The van der Waals surface area contributed by atoms with Gasteiger partial charge in [0.05, 0.1) is 35.8 Å². The minimum Gasteiger partial charge on any atom is -0.490 e. The van der Waals surface area contributed by atoms with Crippen molar-refractivity contribution in [1.82, 2.24) is 0 Å². The van der Waals surface area contributed by atoms with Crippen molar-refractivity contribution in [2.75, 3.05) is 13.2 Å². The van der Waals surface area contributed by atoms with Crippen molar-refractivity contribution in [3.8, 4) is 17.6 Å². The molecule has 1 aromatic rings. The summed E-state index contributed by atoms with van der Waals surface area (Å²) in [7, 11) is 0. The van der Waals surface area contributed by atoms with Crippen LogP contribution >= 0.6 is 15.9 Å². The fraction of sp³-hybridized carbons (Fsp3) is 0.588. The molecule has 4 nitrogen and oxygen atoms in total. The number of nitrogens with zero attached hydrogens (tertiary/aromatic N) is 1. The molecular weight excluding hydrogens is 346 g/mol. The topological polar surface area (TPSA) is 62.5 Å². The van der Waals surface area contributed by atoms with Crippen molar-refractivity contribution >= 4 is 15.9 Å². The van der Waals surface area contributed by atoms with E-state index in [9.17, 15) is 10.4 Å². The lowest BCUT2D eigenvalue weighted by atomic mass is 9.91. The number of hydrogen-bond acceptors (Lipinski definition) is 4. The molecule has 22 heavy (non-hydrogen) atoms. The fourth-order valence-corrected chi connectivity index (χ4v) is 2.85. The van der Waals surface area contributed by atoms with E-state index in [0.717, 1.165) is 22.9 Å². The molecule has 0 saturated carbocycles. The summed E-state index contributed by atoms with van der Waals surface area (Å²) in [5.74, 6) is 0.655. The summed E-state index contributed by atoms with van der Waals surface area (Å²) in [5.41, 5.74) is 0.741. The summed E-state index contributed by atoms with van der Waals surface area (Å²) in [4.78, 5) is 0. The Balaban J connectivity index is 3.14. The van der Waals surface area contributed by atoms with Gasteiger partial charge in [0.25, 0.3) is 0 Å². The highest BCUT2D eigenvalue weighted by atomic mass is 79.9. The van der Waals surface area contributed by atoms with Gasteiger partial charge in [-0.1, -0.05) is 19.8 Å². The number of halogens is 1. The Bertz CT molecular complexity index is 513. The van der Waals surface area contributed by atoms with E-state index in [1.807, 2.05) is 19.9 Å². The van der Waals surface area contributed by atoms with Crippen LogP contribution in [0.1, 0.15) is 51.5 Å². The van der Waals surface area contributed by atoms with Crippen LogP contribution in [-0.4, -0.2) is 24.4 Å².